The fourth-order valence-electron chi connectivity index (χ4n) is 3.65. The smallest absolute Gasteiger partial charge is 0.410 e. The van der Waals surface area contributed by atoms with Gasteiger partial charge in [0.05, 0.1) is 13.0 Å². The van der Waals surface area contributed by atoms with Gasteiger partial charge in [-0.3, -0.25) is 4.79 Å². The number of hydrogen-bond donors (Lipinski definition) is 0. The molecule has 0 radical (unpaired) electrons. The molecule has 28 heavy (non-hydrogen) atoms. The number of carbonyl (C=O) groups excluding carboxylic acids is 2. The summed E-state index contributed by atoms with van der Waals surface area (Å²) in [4.78, 5) is 26.8. The van der Waals surface area contributed by atoms with E-state index < -0.39 is 5.92 Å². The zero-order valence-electron chi connectivity index (χ0n) is 15.8. The number of carbonyl (C=O) groups is 2. The maximum Gasteiger partial charge on any atom is 0.410 e. The molecular weight excluding hydrogens is 422 g/mol. The third kappa shape index (κ3) is 4.93. The van der Waals surface area contributed by atoms with Crippen molar-refractivity contribution >= 4 is 28.0 Å². The van der Waals surface area contributed by atoms with Crippen LogP contribution in [0.3, 0.4) is 0 Å². The lowest BCUT2D eigenvalue weighted by Crippen LogP contribution is -2.37. The van der Waals surface area contributed by atoms with Gasteiger partial charge >= 0.3 is 12.1 Å². The number of halogens is 1. The monoisotopic (exact) mass is 445 g/mol. The van der Waals surface area contributed by atoms with Gasteiger partial charge in [-0.1, -0.05) is 64.5 Å². The van der Waals surface area contributed by atoms with E-state index in [2.05, 4.69) is 15.9 Å². The zero-order chi connectivity index (χ0) is 19.9. The van der Waals surface area contributed by atoms with E-state index in [1.165, 1.54) is 7.11 Å². The zero-order valence-corrected chi connectivity index (χ0v) is 17.4. The van der Waals surface area contributed by atoms with Gasteiger partial charge in [-0.2, -0.15) is 0 Å². The fraction of sp³-hybridized carbons (Fsp3) is 0.364. The molecule has 148 valence electrons. The van der Waals surface area contributed by atoms with E-state index in [-0.39, 0.29) is 24.7 Å². The Morgan fingerprint density at radius 1 is 1.14 bits per heavy atom. The van der Waals surface area contributed by atoms with Gasteiger partial charge < -0.3 is 14.4 Å². The highest BCUT2D eigenvalue weighted by atomic mass is 79.9. The van der Waals surface area contributed by atoms with Gasteiger partial charge in [-0.15, -0.1) is 0 Å². The molecule has 6 heteroatoms. The highest BCUT2D eigenvalue weighted by molar-refractivity contribution is 9.10. The Morgan fingerprint density at radius 3 is 2.57 bits per heavy atom. The molecule has 3 rings (SSSR count). The van der Waals surface area contributed by atoms with Crippen molar-refractivity contribution < 1.29 is 19.1 Å². The quantitative estimate of drug-likeness (QED) is 0.593. The highest BCUT2D eigenvalue weighted by Crippen LogP contribution is 2.33. The predicted molar refractivity (Wildman–Crippen MR) is 110 cm³/mol. The summed E-state index contributed by atoms with van der Waals surface area (Å²) in [6.45, 7) is 0.885. The molecule has 2 aromatic carbocycles. The maximum absolute atomic E-state index is 12.6. The van der Waals surface area contributed by atoms with Gasteiger partial charge in [0.2, 0.25) is 0 Å². The van der Waals surface area contributed by atoms with Crippen molar-refractivity contribution in [1.29, 1.82) is 0 Å². The van der Waals surface area contributed by atoms with Crippen LogP contribution in [0, 0.1) is 0 Å². The molecular formula is C22H24BrNO4. The van der Waals surface area contributed by atoms with Crippen LogP contribution in [-0.2, 0) is 20.9 Å². The number of esters is 1. The lowest BCUT2D eigenvalue weighted by molar-refractivity contribution is -0.143. The molecule has 1 heterocycles. The van der Waals surface area contributed by atoms with Crippen LogP contribution in [0.25, 0.3) is 0 Å². The molecule has 1 aliphatic rings. The molecule has 0 spiro atoms. The topological polar surface area (TPSA) is 55.8 Å². The first-order chi connectivity index (χ1) is 13.6. The highest BCUT2D eigenvalue weighted by Gasteiger charge is 2.35. The van der Waals surface area contributed by atoms with Gasteiger partial charge in [0.25, 0.3) is 0 Å². The van der Waals surface area contributed by atoms with Gasteiger partial charge in [0.15, 0.2) is 0 Å². The number of methoxy groups -OCH3 is 1. The Bertz CT molecular complexity index is 811. The lowest BCUT2D eigenvalue weighted by atomic mass is 9.91. The molecule has 1 fully saturated rings. The second-order valence-corrected chi connectivity index (χ2v) is 7.72. The molecule has 0 bridgehead atoms. The number of rotatable bonds is 6. The number of hydrogen-bond acceptors (Lipinski definition) is 4. The third-order valence-electron chi connectivity index (χ3n) is 5.09. The molecule has 1 aliphatic heterocycles. The Balaban J connectivity index is 1.69. The lowest BCUT2D eigenvalue weighted by Gasteiger charge is -2.27. The SMILES string of the molecule is COC(=O)C(CC1CCCN1C(=O)OCc1ccccc1)c1ccccc1Br. The standard InChI is InChI=1S/C22H24BrNO4/c1-27-21(25)19(18-11-5-6-12-20(18)23)14-17-10-7-13-24(17)22(26)28-15-16-8-3-2-4-9-16/h2-6,8-9,11-12,17,19H,7,10,13-15H2,1H3. The minimum absolute atomic E-state index is 0.0560. The van der Waals surface area contributed by atoms with Crippen LogP contribution in [0.1, 0.15) is 36.3 Å². The Hall–Kier alpha value is -2.34. The van der Waals surface area contributed by atoms with Crippen molar-refractivity contribution in [3.8, 4) is 0 Å². The summed E-state index contributed by atoms with van der Waals surface area (Å²) in [6.07, 6.45) is 1.92. The van der Waals surface area contributed by atoms with Crippen LogP contribution in [0.2, 0.25) is 0 Å². The summed E-state index contributed by atoms with van der Waals surface area (Å²) >= 11 is 3.53. The van der Waals surface area contributed by atoms with Crippen LogP contribution in [-0.4, -0.2) is 36.7 Å². The summed E-state index contributed by atoms with van der Waals surface area (Å²) in [7, 11) is 1.40. The van der Waals surface area contributed by atoms with Gasteiger partial charge in [-0.25, -0.2) is 4.79 Å². The summed E-state index contributed by atoms with van der Waals surface area (Å²) < 4.78 is 11.4. The first-order valence-electron chi connectivity index (χ1n) is 9.39. The number of likely N-dealkylation sites (tertiary alicyclic amines) is 1. The predicted octanol–water partition coefficient (Wildman–Crippen LogP) is 4.90. The van der Waals surface area contributed by atoms with Crippen molar-refractivity contribution in [2.24, 2.45) is 0 Å². The molecule has 2 unspecified atom stereocenters. The van der Waals surface area contributed by atoms with Crippen molar-refractivity contribution in [2.45, 2.75) is 37.8 Å². The van der Waals surface area contributed by atoms with Crippen LogP contribution >= 0.6 is 15.9 Å². The molecule has 1 amide bonds. The van der Waals surface area contributed by atoms with E-state index in [0.29, 0.717) is 13.0 Å². The van der Waals surface area contributed by atoms with Crippen LogP contribution in [0.4, 0.5) is 4.79 Å². The van der Waals surface area contributed by atoms with Crippen molar-refractivity contribution in [3.05, 3.63) is 70.2 Å². The first kappa shape index (κ1) is 20.4. The molecule has 5 nitrogen and oxygen atoms in total. The van der Waals surface area contributed by atoms with E-state index >= 15 is 0 Å². The number of amides is 1. The van der Waals surface area contributed by atoms with E-state index in [4.69, 9.17) is 9.47 Å². The van der Waals surface area contributed by atoms with Crippen LogP contribution in [0.5, 0.6) is 0 Å². The average molecular weight is 446 g/mol. The molecule has 0 aromatic heterocycles. The number of benzene rings is 2. The van der Waals surface area contributed by atoms with Crippen molar-refractivity contribution in [3.63, 3.8) is 0 Å². The summed E-state index contributed by atoms with van der Waals surface area (Å²) in [5.41, 5.74) is 1.83. The fourth-order valence-corrected chi connectivity index (χ4v) is 4.21. The molecule has 2 atom stereocenters. The Labute approximate surface area is 173 Å². The second kappa shape index (κ2) is 9.73. The van der Waals surface area contributed by atoms with Gasteiger partial charge in [-0.05, 0) is 36.5 Å². The molecule has 1 saturated heterocycles. The minimum Gasteiger partial charge on any atom is -0.469 e. The van der Waals surface area contributed by atoms with E-state index in [1.807, 2.05) is 54.6 Å². The van der Waals surface area contributed by atoms with Crippen molar-refractivity contribution in [1.82, 2.24) is 4.90 Å². The Kier molecular flexibility index (Phi) is 7.09. The molecule has 0 saturated carbocycles. The number of ether oxygens (including phenoxy) is 2. The third-order valence-corrected chi connectivity index (χ3v) is 5.81. The van der Waals surface area contributed by atoms with Crippen molar-refractivity contribution in [2.75, 3.05) is 13.7 Å². The van der Waals surface area contributed by atoms with Gasteiger partial charge in [0, 0.05) is 17.1 Å². The van der Waals surface area contributed by atoms with Gasteiger partial charge in [0.1, 0.15) is 6.61 Å². The average Bonchev–Trinajstić information content (AvgIpc) is 3.19. The summed E-state index contributed by atoms with van der Waals surface area (Å²) in [5.74, 6) is -0.732. The van der Waals surface area contributed by atoms with E-state index in [9.17, 15) is 9.59 Å². The Morgan fingerprint density at radius 2 is 1.86 bits per heavy atom. The minimum atomic E-state index is -0.437. The molecule has 0 N–H and O–H groups in total. The van der Waals surface area contributed by atoms with Crippen LogP contribution < -0.4 is 0 Å². The normalized spacial score (nSPS) is 17.2. The summed E-state index contributed by atoms with van der Waals surface area (Å²) in [5, 5.41) is 0. The molecule has 2 aromatic rings. The number of nitrogens with zero attached hydrogens (tertiary/aromatic N) is 1. The molecule has 0 aliphatic carbocycles. The first-order valence-corrected chi connectivity index (χ1v) is 10.2. The van der Waals surface area contributed by atoms with E-state index in [1.54, 1.807) is 4.90 Å². The summed E-state index contributed by atoms with van der Waals surface area (Å²) in [6, 6.07) is 17.2. The van der Waals surface area contributed by atoms with E-state index in [0.717, 1.165) is 28.4 Å². The van der Waals surface area contributed by atoms with Crippen LogP contribution in [0.15, 0.2) is 59.1 Å². The maximum atomic E-state index is 12.6. The second-order valence-electron chi connectivity index (χ2n) is 6.86. The largest absolute Gasteiger partial charge is 0.469 e.